The predicted molar refractivity (Wildman–Crippen MR) is 150 cm³/mol. The maximum atomic E-state index is 11.6. The number of piperidine rings is 1. The Morgan fingerprint density at radius 1 is 0.821 bits per heavy atom. The Morgan fingerprint density at radius 3 is 1.92 bits per heavy atom. The van der Waals surface area contributed by atoms with Gasteiger partial charge >= 0.3 is 6.09 Å². The van der Waals surface area contributed by atoms with E-state index in [0.29, 0.717) is 12.2 Å². The van der Waals surface area contributed by atoms with Gasteiger partial charge in [-0.3, -0.25) is 0 Å². The molecule has 0 bridgehead atoms. The van der Waals surface area contributed by atoms with Gasteiger partial charge in [-0.25, -0.2) is 14.8 Å². The van der Waals surface area contributed by atoms with Gasteiger partial charge in [0.25, 0.3) is 0 Å². The first-order valence-corrected chi connectivity index (χ1v) is 13.0. The number of benzene rings is 3. The van der Waals surface area contributed by atoms with E-state index in [-0.39, 0.29) is 19.1 Å². The van der Waals surface area contributed by atoms with E-state index < -0.39 is 17.7 Å². The second-order valence-electron chi connectivity index (χ2n) is 9.87. The molecule has 0 aliphatic carbocycles. The van der Waals surface area contributed by atoms with Crippen LogP contribution in [0.15, 0.2) is 110 Å². The Labute approximate surface area is 226 Å². The summed E-state index contributed by atoms with van der Waals surface area (Å²) >= 11 is 0. The SMILES string of the molecule is O=C(O)N1CC(O)CC(Nc2ncnc3c2ccn3C(c2ccccc2)(c2ccccc2)c2ccccc2)C1. The Hall–Kier alpha value is -4.69. The number of aliphatic hydroxyl groups is 1. The van der Waals surface area contributed by atoms with Crippen LogP contribution < -0.4 is 5.32 Å². The van der Waals surface area contributed by atoms with Crippen LogP contribution in [0.5, 0.6) is 0 Å². The standard InChI is InChI=1S/C31H29N5O3/c37-26-18-25(19-35(20-26)30(38)39)34-28-27-16-17-36(29(27)33-21-32-28)31(22-10-4-1-5-11-22,23-12-6-2-7-13-23)24-14-8-3-9-15-24/h1-17,21,25-26,37H,18-20H2,(H,38,39)(H,32,33,34). The molecule has 1 aliphatic rings. The normalized spacial score (nSPS) is 17.7. The van der Waals surface area contributed by atoms with Crippen molar-refractivity contribution in [2.75, 3.05) is 18.4 Å². The highest BCUT2D eigenvalue weighted by Gasteiger charge is 2.39. The van der Waals surface area contributed by atoms with E-state index in [2.05, 4.69) is 51.3 Å². The largest absolute Gasteiger partial charge is 0.465 e. The number of carbonyl (C=O) groups is 1. The molecule has 1 aliphatic heterocycles. The number of carboxylic acid groups (broad SMARTS) is 1. The number of hydrogen-bond acceptors (Lipinski definition) is 5. The molecule has 1 amide bonds. The Morgan fingerprint density at radius 2 is 1.38 bits per heavy atom. The van der Waals surface area contributed by atoms with E-state index in [4.69, 9.17) is 4.98 Å². The number of likely N-dealkylation sites (tertiary alicyclic amines) is 1. The van der Waals surface area contributed by atoms with Gasteiger partial charge in [-0.05, 0) is 29.2 Å². The maximum Gasteiger partial charge on any atom is 0.407 e. The number of hydrogen-bond donors (Lipinski definition) is 3. The summed E-state index contributed by atoms with van der Waals surface area (Å²) in [4.78, 5) is 22.1. The zero-order chi connectivity index (χ0) is 26.8. The van der Waals surface area contributed by atoms with E-state index in [1.165, 1.54) is 11.2 Å². The zero-order valence-corrected chi connectivity index (χ0v) is 21.3. The minimum atomic E-state index is -1.04. The number of amides is 1. The summed E-state index contributed by atoms with van der Waals surface area (Å²) in [5.74, 6) is 0.603. The summed E-state index contributed by atoms with van der Waals surface area (Å²) in [6.07, 6.45) is 2.21. The van der Waals surface area contributed by atoms with Gasteiger partial charge in [-0.15, -0.1) is 0 Å². The maximum absolute atomic E-state index is 11.6. The predicted octanol–water partition coefficient (Wildman–Crippen LogP) is 4.80. The van der Waals surface area contributed by atoms with Gasteiger partial charge in [0.05, 0.1) is 18.0 Å². The van der Waals surface area contributed by atoms with Crippen molar-refractivity contribution < 1.29 is 15.0 Å². The van der Waals surface area contributed by atoms with Gasteiger partial charge in [0, 0.05) is 18.8 Å². The number of fused-ring (bicyclic) bond motifs is 1. The van der Waals surface area contributed by atoms with Crippen LogP contribution in [0.4, 0.5) is 10.6 Å². The van der Waals surface area contributed by atoms with E-state index in [1.807, 2.05) is 66.9 Å². The molecule has 0 radical (unpaired) electrons. The van der Waals surface area contributed by atoms with Crippen molar-refractivity contribution in [1.29, 1.82) is 0 Å². The summed E-state index contributed by atoms with van der Waals surface area (Å²) in [5, 5.41) is 24.0. The van der Waals surface area contributed by atoms with Crippen molar-refractivity contribution in [2.24, 2.45) is 0 Å². The summed E-state index contributed by atoms with van der Waals surface area (Å²) in [7, 11) is 0. The second-order valence-corrected chi connectivity index (χ2v) is 9.87. The fraction of sp³-hybridized carbons (Fsp3) is 0.194. The summed E-state index contributed by atoms with van der Waals surface area (Å²) in [6, 6.07) is 32.9. The van der Waals surface area contributed by atoms with E-state index >= 15 is 0 Å². The van der Waals surface area contributed by atoms with Crippen molar-refractivity contribution in [2.45, 2.75) is 24.1 Å². The van der Waals surface area contributed by atoms with Crippen molar-refractivity contribution in [1.82, 2.24) is 19.4 Å². The van der Waals surface area contributed by atoms with E-state index in [1.54, 1.807) is 0 Å². The molecule has 196 valence electrons. The first kappa shape index (κ1) is 24.6. The van der Waals surface area contributed by atoms with Crippen LogP contribution in [0.1, 0.15) is 23.1 Å². The molecule has 1 fully saturated rings. The molecule has 39 heavy (non-hydrogen) atoms. The number of β-amino-alcohol motifs (C(OH)–C–C–N with tert-alkyl or cyclic N) is 1. The molecular formula is C31H29N5O3. The first-order chi connectivity index (χ1) is 19.1. The minimum Gasteiger partial charge on any atom is -0.465 e. The monoisotopic (exact) mass is 519 g/mol. The quantitative estimate of drug-likeness (QED) is 0.279. The number of anilines is 1. The lowest BCUT2D eigenvalue weighted by atomic mass is 9.76. The fourth-order valence-electron chi connectivity index (χ4n) is 5.82. The van der Waals surface area contributed by atoms with Gasteiger partial charge < -0.3 is 25.0 Å². The molecule has 2 unspecified atom stereocenters. The van der Waals surface area contributed by atoms with Crippen LogP contribution in [-0.4, -0.2) is 61.0 Å². The topological polar surface area (TPSA) is 104 Å². The molecule has 3 N–H and O–H groups in total. The average Bonchev–Trinajstić information content (AvgIpc) is 3.40. The number of nitrogens with one attached hydrogen (secondary N) is 1. The Bertz CT molecular complexity index is 1480. The number of aromatic nitrogens is 3. The summed E-state index contributed by atoms with van der Waals surface area (Å²) in [5.41, 5.74) is 3.26. The van der Waals surface area contributed by atoms with Crippen LogP contribution >= 0.6 is 0 Å². The molecule has 3 heterocycles. The van der Waals surface area contributed by atoms with Crippen LogP contribution in [0, 0.1) is 0 Å². The molecule has 3 aromatic carbocycles. The number of rotatable bonds is 6. The van der Waals surface area contributed by atoms with Gasteiger partial charge in [-0.2, -0.15) is 0 Å². The fourth-order valence-corrected chi connectivity index (χ4v) is 5.82. The van der Waals surface area contributed by atoms with E-state index in [9.17, 15) is 15.0 Å². The van der Waals surface area contributed by atoms with Gasteiger partial charge in [-0.1, -0.05) is 91.0 Å². The zero-order valence-electron chi connectivity index (χ0n) is 21.3. The molecular weight excluding hydrogens is 490 g/mol. The van der Waals surface area contributed by atoms with Crippen molar-refractivity contribution >= 4 is 22.9 Å². The van der Waals surface area contributed by atoms with Gasteiger partial charge in [0.2, 0.25) is 0 Å². The van der Waals surface area contributed by atoms with Crippen molar-refractivity contribution in [3.8, 4) is 0 Å². The lowest BCUT2D eigenvalue weighted by molar-refractivity contribution is 0.0607. The second kappa shape index (κ2) is 10.2. The Balaban J connectivity index is 1.53. The third kappa shape index (κ3) is 4.38. The molecule has 6 rings (SSSR count). The summed E-state index contributed by atoms with van der Waals surface area (Å²) < 4.78 is 2.19. The minimum absolute atomic E-state index is 0.108. The highest BCUT2D eigenvalue weighted by Crippen LogP contribution is 2.43. The number of aliphatic hydroxyl groups excluding tert-OH is 1. The molecule has 8 nitrogen and oxygen atoms in total. The summed E-state index contributed by atoms with van der Waals surface area (Å²) in [6.45, 7) is 0.372. The molecule has 8 heteroatoms. The third-order valence-corrected chi connectivity index (χ3v) is 7.46. The van der Waals surface area contributed by atoms with Crippen LogP contribution in [-0.2, 0) is 5.54 Å². The van der Waals surface area contributed by atoms with Crippen LogP contribution in [0.25, 0.3) is 11.0 Å². The highest BCUT2D eigenvalue weighted by molar-refractivity contribution is 5.88. The van der Waals surface area contributed by atoms with Crippen molar-refractivity contribution in [3.05, 3.63) is 126 Å². The van der Waals surface area contributed by atoms with Crippen LogP contribution in [0.2, 0.25) is 0 Å². The smallest absolute Gasteiger partial charge is 0.407 e. The third-order valence-electron chi connectivity index (χ3n) is 7.46. The highest BCUT2D eigenvalue weighted by atomic mass is 16.4. The van der Waals surface area contributed by atoms with Gasteiger partial charge in [0.15, 0.2) is 0 Å². The van der Waals surface area contributed by atoms with Crippen molar-refractivity contribution in [3.63, 3.8) is 0 Å². The molecule has 0 saturated carbocycles. The molecule has 5 aromatic rings. The molecule has 1 saturated heterocycles. The van der Waals surface area contributed by atoms with E-state index in [0.717, 1.165) is 27.7 Å². The molecule has 2 aromatic heterocycles. The lowest BCUT2D eigenvalue weighted by Crippen LogP contribution is -2.50. The molecule has 0 spiro atoms. The number of nitrogens with zero attached hydrogens (tertiary/aromatic N) is 4. The average molecular weight is 520 g/mol. The van der Waals surface area contributed by atoms with Gasteiger partial charge in [0.1, 0.15) is 23.3 Å². The first-order valence-electron chi connectivity index (χ1n) is 13.0. The van der Waals surface area contributed by atoms with Crippen LogP contribution in [0.3, 0.4) is 0 Å². The molecule has 2 atom stereocenters. The lowest BCUT2D eigenvalue weighted by Gasteiger charge is -2.38. The Kier molecular flexibility index (Phi) is 6.46.